The highest BCUT2D eigenvalue weighted by Gasteiger charge is 2.09. The summed E-state index contributed by atoms with van der Waals surface area (Å²) in [5.74, 6) is 0.333. The first-order chi connectivity index (χ1) is 8.76. The summed E-state index contributed by atoms with van der Waals surface area (Å²) in [6.07, 6.45) is 6.03. The summed E-state index contributed by atoms with van der Waals surface area (Å²) in [6, 6.07) is 3.31. The van der Waals surface area contributed by atoms with E-state index in [0.717, 1.165) is 19.3 Å². The first-order valence-corrected chi connectivity index (χ1v) is 6.32. The van der Waals surface area contributed by atoms with Gasteiger partial charge in [-0.3, -0.25) is 4.98 Å². The largest absolute Gasteiger partial charge is 0.396 e. The molecule has 1 atom stereocenters. The Morgan fingerprint density at radius 3 is 2.94 bits per heavy atom. The van der Waals surface area contributed by atoms with Crippen molar-refractivity contribution in [2.75, 3.05) is 18.5 Å². The van der Waals surface area contributed by atoms with Crippen molar-refractivity contribution in [3.8, 4) is 0 Å². The molecule has 0 saturated carbocycles. The van der Waals surface area contributed by atoms with Crippen LogP contribution in [0.15, 0.2) is 24.5 Å². The van der Waals surface area contributed by atoms with Crippen molar-refractivity contribution in [3.05, 3.63) is 24.5 Å². The minimum absolute atomic E-state index is 0.163. The molecule has 5 nitrogen and oxygen atoms in total. The molecule has 0 radical (unpaired) electrons. The lowest BCUT2D eigenvalue weighted by atomic mass is 10.0. The zero-order valence-corrected chi connectivity index (χ0v) is 10.7. The fourth-order valence-electron chi connectivity index (χ4n) is 1.79. The quantitative estimate of drug-likeness (QED) is 0.694. The van der Waals surface area contributed by atoms with Gasteiger partial charge in [-0.1, -0.05) is 13.3 Å². The molecule has 1 heterocycles. The summed E-state index contributed by atoms with van der Waals surface area (Å²) in [5, 5.41) is 14.4. The van der Waals surface area contributed by atoms with Crippen LogP contribution in [0.1, 0.15) is 26.2 Å². The van der Waals surface area contributed by atoms with Crippen molar-refractivity contribution in [3.63, 3.8) is 0 Å². The van der Waals surface area contributed by atoms with Crippen molar-refractivity contribution in [1.29, 1.82) is 0 Å². The first kappa shape index (κ1) is 14.4. The van der Waals surface area contributed by atoms with Crippen LogP contribution in [0.2, 0.25) is 0 Å². The van der Waals surface area contributed by atoms with Crippen LogP contribution in [0.3, 0.4) is 0 Å². The number of anilines is 1. The third-order valence-corrected chi connectivity index (χ3v) is 2.70. The van der Waals surface area contributed by atoms with E-state index in [2.05, 4.69) is 22.5 Å². The summed E-state index contributed by atoms with van der Waals surface area (Å²) >= 11 is 0. The van der Waals surface area contributed by atoms with Crippen LogP contribution >= 0.6 is 0 Å². The Labute approximate surface area is 108 Å². The zero-order chi connectivity index (χ0) is 13.2. The summed E-state index contributed by atoms with van der Waals surface area (Å²) < 4.78 is 0. The molecule has 0 fully saturated rings. The van der Waals surface area contributed by atoms with Gasteiger partial charge in [0.25, 0.3) is 0 Å². The number of aliphatic hydroxyl groups is 1. The lowest BCUT2D eigenvalue weighted by Gasteiger charge is -2.15. The number of amides is 2. The average Bonchev–Trinajstić information content (AvgIpc) is 2.38. The number of carbonyl (C=O) groups excluding carboxylic acids is 1. The van der Waals surface area contributed by atoms with Gasteiger partial charge in [0.05, 0.1) is 11.9 Å². The fraction of sp³-hybridized carbons (Fsp3) is 0.538. The van der Waals surface area contributed by atoms with Gasteiger partial charge in [-0.05, 0) is 30.9 Å². The lowest BCUT2D eigenvalue weighted by Crippen LogP contribution is -2.33. The molecule has 100 valence electrons. The minimum Gasteiger partial charge on any atom is -0.396 e. The molecule has 0 saturated heterocycles. The number of nitrogens with one attached hydrogen (secondary N) is 2. The fourth-order valence-corrected chi connectivity index (χ4v) is 1.79. The molecule has 5 heteroatoms. The Morgan fingerprint density at radius 2 is 2.33 bits per heavy atom. The van der Waals surface area contributed by atoms with E-state index in [1.807, 2.05) is 0 Å². The number of nitrogens with zero attached hydrogens (tertiary/aromatic N) is 1. The van der Waals surface area contributed by atoms with Gasteiger partial charge in [0.1, 0.15) is 0 Å². The molecular formula is C13H21N3O2. The standard InChI is InChI=1S/C13H21N3O2/c1-2-4-11(6-8-17)9-15-13(18)16-12-5-3-7-14-10-12/h3,5,7,10-11,17H,2,4,6,8-9H2,1H3,(H2,15,16,18). The molecule has 1 unspecified atom stereocenters. The molecule has 2 amide bonds. The highest BCUT2D eigenvalue weighted by Crippen LogP contribution is 2.09. The van der Waals surface area contributed by atoms with Crippen molar-refractivity contribution in [2.45, 2.75) is 26.2 Å². The van der Waals surface area contributed by atoms with E-state index < -0.39 is 0 Å². The number of hydrogen-bond donors (Lipinski definition) is 3. The predicted octanol–water partition coefficient (Wildman–Crippen LogP) is 2.00. The second-order valence-corrected chi connectivity index (χ2v) is 4.24. The van der Waals surface area contributed by atoms with E-state index in [1.165, 1.54) is 0 Å². The van der Waals surface area contributed by atoms with E-state index in [9.17, 15) is 4.79 Å². The number of aromatic nitrogens is 1. The van der Waals surface area contributed by atoms with Gasteiger partial charge < -0.3 is 15.7 Å². The smallest absolute Gasteiger partial charge is 0.319 e. The molecule has 1 aromatic rings. The van der Waals surface area contributed by atoms with Gasteiger partial charge in [-0.15, -0.1) is 0 Å². The topological polar surface area (TPSA) is 74.2 Å². The van der Waals surface area contributed by atoms with Crippen LogP contribution < -0.4 is 10.6 Å². The third-order valence-electron chi connectivity index (χ3n) is 2.70. The normalized spacial score (nSPS) is 11.9. The minimum atomic E-state index is -0.234. The van der Waals surface area contributed by atoms with Crippen molar-refractivity contribution in [2.24, 2.45) is 5.92 Å². The number of rotatable bonds is 7. The van der Waals surface area contributed by atoms with E-state index >= 15 is 0 Å². The predicted molar refractivity (Wildman–Crippen MR) is 71.4 cm³/mol. The van der Waals surface area contributed by atoms with Crippen LogP contribution in [0, 0.1) is 5.92 Å². The molecule has 1 rings (SSSR count). The maximum atomic E-state index is 11.6. The summed E-state index contributed by atoms with van der Waals surface area (Å²) in [7, 11) is 0. The molecule has 0 aromatic carbocycles. The summed E-state index contributed by atoms with van der Waals surface area (Å²) in [5.41, 5.74) is 0.671. The van der Waals surface area contributed by atoms with E-state index in [0.29, 0.717) is 18.2 Å². The highest BCUT2D eigenvalue weighted by molar-refractivity contribution is 5.88. The molecule has 0 aliphatic rings. The third kappa shape index (κ3) is 5.63. The Morgan fingerprint density at radius 1 is 1.50 bits per heavy atom. The molecule has 18 heavy (non-hydrogen) atoms. The monoisotopic (exact) mass is 251 g/mol. The second kappa shape index (κ2) is 8.47. The van der Waals surface area contributed by atoms with Gasteiger partial charge in [0.2, 0.25) is 0 Å². The van der Waals surface area contributed by atoms with Gasteiger partial charge in [0.15, 0.2) is 0 Å². The number of pyridine rings is 1. The van der Waals surface area contributed by atoms with Gasteiger partial charge in [-0.25, -0.2) is 4.79 Å². The zero-order valence-electron chi connectivity index (χ0n) is 10.7. The van der Waals surface area contributed by atoms with Crippen LogP contribution in [0.25, 0.3) is 0 Å². The Balaban J connectivity index is 2.31. The Hall–Kier alpha value is -1.62. The molecule has 1 aromatic heterocycles. The summed E-state index contributed by atoms with van der Waals surface area (Å²) in [4.78, 5) is 15.5. The molecule has 3 N–H and O–H groups in total. The lowest BCUT2D eigenvalue weighted by molar-refractivity contribution is 0.236. The number of carbonyl (C=O) groups is 1. The van der Waals surface area contributed by atoms with Crippen LogP contribution in [-0.2, 0) is 0 Å². The Bertz CT molecular complexity index is 337. The van der Waals surface area contributed by atoms with Crippen molar-refractivity contribution in [1.82, 2.24) is 10.3 Å². The van der Waals surface area contributed by atoms with E-state index in [4.69, 9.17) is 5.11 Å². The average molecular weight is 251 g/mol. The van der Waals surface area contributed by atoms with Crippen LogP contribution in [0.5, 0.6) is 0 Å². The number of urea groups is 1. The number of aliphatic hydroxyl groups excluding tert-OH is 1. The van der Waals surface area contributed by atoms with Crippen molar-refractivity contribution < 1.29 is 9.90 Å². The van der Waals surface area contributed by atoms with Crippen molar-refractivity contribution >= 4 is 11.7 Å². The summed E-state index contributed by atoms with van der Waals surface area (Å²) in [6.45, 7) is 2.84. The van der Waals surface area contributed by atoms with E-state index in [-0.39, 0.29) is 12.6 Å². The molecule has 0 bridgehead atoms. The highest BCUT2D eigenvalue weighted by atomic mass is 16.3. The van der Waals surface area contributed by atoms with Gasteiger partial charge >= 0.3 is 6.03 Å². The maximum absolute atomic E-state index is 11.6. The molecule has 0 aliphatic carbocycles. The maximum Gasteiger partial charge on any atom is 0.319 e. The van der Waals surface area contributed by atoms with Crippen LogP contribution in [-0.4, -0.2) is 29.3 Å². The Kier molecular flexibility index (Phi) is 6.79. The molecule has 0 spiro atoms. The van der Waals surface area contributed by atoms with Crippen LogP contribution in [0.4, 0.5) is 10.5 Å². The number of hydrogen-bond acceptors (Lipinski definition) is 3. The van der Waals surface area contributed by atoms with E-state index in [1.54, 1.807) is 24.5 Å². The van der Waals surface area contributed by atoms with Gasteiger partial charge in [-0.2, -0.15) is 0 Å². The SMILES string of the molecule is CCCC(CCO)CNC(=O)Nc1cccnc1. The molecular weight excluding hydrogens is 230 g/mol. The van der Waals surface area contributed by atoms with Gasteiger partial charge in [0, 0.05) is 19.3 Å². The first-order valence-electron chi connectivity index (χ1n) is 6.32. The second-order valence-electron chi connectivity index (χ2n) is 4.24. The molecule has 0 aliphatic heterocycles.